The van der Waals surface area contributed by atoms with Gasteiger partial charge in [0.1, 0.15) is 0 Å². The third-order valence-electron chi connectivity index (χ3n) is 2.16. The van der Waals surface area contributed by atoms with Gasteiger partial charge in [0, 0.05) is 19.1 Å². The van der Waals surface area contributed by atoms with Crippen LogP contribution in [0.15, 0.2) is 0 Å². The third-order valence-corrected chi connectivity index (χ3v) is 2.16. The molecular weight excluding hydrogens is 132 g/mol. The fourth-order valence-electron chi connectivity index (χ4n) is 1.52. The molecule has 0 spiro atoms. The molecule has 2 aliphatic rings. The van der Waals surface area contributed by atoms with Gasteiger partial charge in [-0.1, -0.05) is 0 Å². The Balaban J connectivity index is 2.02. The van der Waals surface area contributed by atoms with Gasteiger partial charge in [0.25, 0.3) is 0 Å². The summed E-state index contributed by atoms with van der Waals surface area (Å²) in [5.74, 6) is 0. The van der Waals surface area contributed by atoms with Crippen molar-refractivity contribution in [2.75, 3.05) is 13.1 Å². The van der Waals surface area contributed by atoms with Crippen LogP contribution in [-0.2, 0) is 0 Å². The van der Waals surface area contributed by atoms with Crippen LogP contribution < -0.4 is 5.32 Å². The van der Waals surface area contributed by atoms with E-state index in [-0.39, 0.29) is 6.04 Å². The van der Waals surface area contributed by atoms with Crippen molar-refractivity contribution in [3.8, 4) is 0 Å². The van der Waals surface area contributed by atoms with Crippen molar-refractivity contribution in [2.45, 2.75) is 18.5 Å². The minimum absolute atomic E-state index is 0.284. The lowest BCUT2D eigenvalue weighted by molar-refractivity contribution is 0.135. The fraction of sp³-hybridized carbons (Fsp3) is 0.833. The largest absolute Gasteiger partial charge is 0.465 e. The van der Waals surface area contributed by atoms with Crippen LogP contribution in [0.5, 0.6) is 0 Å². The van der Waals surface area contributed by atoms with Crippen LogP contribution in [0.2, 0.25) is 0 Å². The topological polar surface area (TPSA) is 52.6 Å². The van der Waals surface area contributed by atoms with Crippen molar-refractivity contribution >= 4 is 6.09 Å². The van der Waals surface area contributed by atoms with Gasteiger partial charge in [-0.05, 0) is 6.42 Å². The summed E-state index contributed by atoms with van der Waals surface area (Å²) in [6.07, 6.45) is 0.237. The van der Waals surface area contributed by atoms with E-state index < -0.39 is 6.09 Å². The van der Waals surface area contributed by atoms with Gasteiger partial charge in [0.15, 0.2) is 0 Å². The van der Waals surface area contributed by atoms with Gasteiger partial charge in [-0.2, -0.15) is 0 Å². The molecule has 2 rings (SSSR count). The van der Waals surface area contributed by atoms with Gasteiger partial charge in [-0.25, -0.2) is 4.79 Å². The minimum atomic E-state index is -0.769. The monoisotopic (exact) mass is 142 g/mol. The molecule has 1 saturated heterocycles. The highest BCUT2D eigenvalue weighted by molar-refractivity contribution is 5.66. The smallest absolute Gasteiger partial charge is 0.407 e. The van der Waals surface area contributed by atoms with Crippen molar-refractivity contribution < 1.29 is 9.90 Å². The van der Waals surface area contributed by atoms with Crippen LogP contribution in [0, 0.1) is 0 Å². The first-order chi connectivity index (χ1) is 4.79. The van der Waals surface area contributed by atoms with E-state index in [2.05, 4.69) is 5.32 Å². The summed E-state index contributed by atoms with van der Waals surface area (Å²) < 4.78 is 0. The Labute approximate surface area is 58.8 Å². The molecule has 1 aliphatic heterocycles. The lowest BCUT2D eigenvalue weighted by Crippen LogP contribution is -2.45. The van der Waals surface area contributed by atoms with Gasteiger partial charge >= 0.3 is 6.09 Å². The molecule has 0 bridgehead atoms. The highest BCUT2D eigenvalue weighted by Gasteiger charge is 2.46. The maximum Gasteiger partial charge on any atom is 0.407 e. The Morgan fingerprint density at radius 1 is 1.70 bits per heavy atom. The number of fused-ring (bicyclic) bond motifs is 1. The van der Waals surface area contributed by atoms with Crippen LogP contribution >= 0.6 is 0 Å². The molecule has 56 valence electrons. The van der Waals surface area contributed by atoms with E-state index in [1.54, 1.807) is 0 Å². The molecule has 1 saturated carbocycles. The average molecular weight is 142 g/mol. The Bertz CT molecular complexity index is 171. The van der Waals surface area contributed by atoms with Gasteiger partial charge in [-0.15, -0.1) is 0 Å². The molecule has 1 heterocycles. The fourth-order valence-corrected chi connectivity index (χ4v) is 1.52. The van der Waals surface area contributed by atoms with E-state index in [1.807, 2.05) is 0 Å². The predicted octanol–water partition coefficient (Wildman–Crippen LogP) is -0.290. The van der Waals surface area contributed by atoms with Gasteiger partial charge in [0.2, 0.25) is 0 Å². The molecule has 2 atom stereocenters. The lowest BCUT2D eigenvalue weighted by Gasteiger charge is -2.23. The molecule has 2 unspecified atom stereocenters. The zero-order valence-corrected chi connectivity index (χ0v) is 5.58. The number of nitrogens with zero attached hydrogens (tertiary/aromatic N) is 1. The van der Waals surface area contributed by atoms with Crippen LogP contribution in [0.4, 0.5) is 4.79 Å². The van der Waals surface area contributed by atoms with E-state index in [0.29, 0.717) is 12.6 Å². The number of hydrogen-bond acceptors (Lipinski definition) is 2. The first-order valence-electron chi connectivity index (χ1n) is 3.52. The second-order valence-electron chi connectivity index (χ2n) is 2.84. The maximum atomic E-state index is 10.5. The molecule has 0 aromatic carbocycles. The van der Waals surface area contributed by atoms with E-state index in [4.69, 9.17) is 5.11 Å². The molecule has 0 aromatic rings. The highest BCUT2D eigenvalue weighted by atomic mass is 16.4. The molecule has 4 heteroatoms. The summed E-state index contributed by atoms with van der Waals surface area (Å²) in [7, 11) is 0. The van der Waals surface area contributed by atoms with Crippen molar-refractivity contribution in [1.82, 2.24) is 10.2 Å². The van der Waals surface area contributed by atoms with Crippen molar-refractivity contribution in [3.63, 3.8) is 0 Å². The Kier molecular flexibility index (Phi) is 1.11. The zero-order valence-electron chi connectivity index (χ0n) is 5.58. The Hall–Kier alpha value is -0.770. The first kappa shape index (κ1) is 5.97. The van der Waals surface area contributed by atoms with Crippen molar-refractivity contribution in [3.05, 3.63) is 0 Å². The SMILES string of the molecule is O=C(O)N1CCNC2CC21. The molecular formula is C6H10N2O2. The van der Waals surface area contributed by atoms with E-state index in [9.17, 15) is 4.79 Å². The van der Waals surface area contributed by atoms with Crippen LogP contribution in [0.25, 0.3) is 0 Å². The minimum Gasteiger partial charge on any atom is -0.465 e. The van der Waals surface area contributed by atoms with Crippen LogP contribution in [-0.4, -0.2) is 41.3 Å². The molecule has 2 fully saturated rings. The van der Waals surface area contributed by atoms with Gasteiger partial charge < -0.3 is 15.3 Å². The molecule has 4 nitrogen and oxygen atoms in total. The Morgan fingerprint density at radius 3 is 3.10 bits per heavy atom. The second-order valence-corrected chi connectivity index (χ2v) is 2.84. The summed E-state index contributed by atoms with van der Waals surface area (Å²) in [5.41, 5.74) is 0. The standard InChI is InChI=1S/C6H10N2O2/c9-6(10)8-2-1-7-4-3-5(4)8/h4-5,7H,1-3H2,(H,9,10). The number of carboxylic acid groups (broad SMARTS) is 1. The molecule has 0 aromatic heterocycles. The molecule has 1 aliphatic carbocycles. The van der Waals surface area contributed by atoms with Crippen molar-refractivity contribution in [2.24, 2.45) is 0 Å². The normalized spacial score (nSPS) is 37.0. The first-order valence-corrected chi connectivity index (χ1v) is 3.52. The summed E-state index contributed by atoms with van der Waals surface area (Å²) in [6.45, 7) is 1.46. The lowest BCUT2D eigenvalue weighted by atomic mass is 10.4. The number of piperazine rings is 1. The quantitative estimate of drug-likeness (QED) is 0.488. The molecule has 1 amide bonds. The second kappa shape index (κ2) is 1.85. The van der Waals surface area contributed by atoms with E-state index >= 15 is 0 Å². The summed E-state index contributed by atoms with van der Waals surface area (Å²) in [4.78, 5) is 12.0. The number of amides is 1. The number of nitrogens with one attached hydrogen (secondary N) is 1. The molecule has 10 heavy (non-hydrogen) atoms. The highest BCUT2D eigenvalue weighted by Crippen LogP contribution is 2.30. The van der Waals surface area contributed by atoms with E-state index in [1.165, 1.54) is 4.90 Å². The molecule has 2 N–H and O–H groups in total. The van der Waals surface area contributed by atoms with Crippen molar-refractivity contribution in [1.29, 1.82) is 0 Å². The Morgan fingerprint density at radius 2 is 2.50 bits per heavy atom. The number of carbonyl (C=O) groups is 1. The van der Waals surface area contributed by atoms with Gasteiger partial charge in [0.05, 0.1) is 6.04 Å². The van der Waals surface area contributed by atoms with Crippen LogP contribution in [0.3, 0.4) is 0 Å². The zero-order chi connectivity index (χ0) is 7.14. The predicted molar refractivity (Wildman–Crippen MR) is 34.9 cm³/mol. The van der Waals surface area contributed by atoms with Crippen LogP contribution in [0.1, 0.15) is 6.42 Å². The third kappa shape index (κ3) is 0.759. The number of hydrogen-bond donors (Lipinski definition) is 2. The maximum absolute atomic E-state index is 10.5. The summed E-state index contributed by atoms with van der Waals surface area (Å²) in [5, 5.41) is 11.9. The molecule has 0 radical (unpaired) electrons. The summed E-state index contributed by atoms with van der Waals surface area (Å²) in [6, 6.07) is 0.746. The summed E-state index contributed by atoms with van der Waals surface area (Å²) >= 11 is 0. The van der Waals surface area contributed by atoms with E-state index in [0.717, 1.165) is 13.0 Å². The number of rotatable bonds is 0. The van der Waals surface area contributed by atoms with Gasteiger partial charge in [-0.3, -0.25) is 0 Å². The average Bonchev–Trinajstić information content (AvgIpc) is 2.63.